The molecule has 0 N–H and O–H groups in total. The summed E-state index contributed by atoms with van der Waals surface area (Å²) < 4.78 is 1.76. The third kappa shape index (κ3) is 1.28. The van der Waals surface area contributed by atoms with E-state index in [2.05, 4.69) is 15.3 Å². The molecule has 0 aliphatic rings. The van der Waals surface area contributed by atoms with Crippen LogP contribution in [-0.2, 0) is 0 Å². The predicted molar refractivity (Wildman–Crippen MR) is 44.4 cm³/mol. The van der Waals surface area contributed by atoms with Crippen LogP contribution >= 0.6 is 0 Å². The van der Waals surface area contributed by atoms with Crippen molar-refractivity contribution in [3.63, 3.8) is 0 Å². The average Bonchev–Trinajstić information content (AvgIpc) is 2.53. The second-order valence-electron chi connectivity index (χ2n) is 2.28. The summed E-state index contributed by atoms with van der Waals surface area (Å²) >= 11 is 1.39. The summed E-state index contributed by atoms with van der Waals surface area (Å²) in [5.74, 6) is 0. The van der Waals surface area contributed by atoms with E-state index in [-0.39, 0.29) is 0 Å². The van der Waals surface area contributed by atoms with Crippen LogP contribution in [-0.4, -0.2) is 37.5 Å². The normalized spacial score (nSPS) is 10.0. The van der Waals surface area contributed by atoms with E-state index in [1.165, 1.54) is 18.8 Å². The Hall–Kier alpha value is -1.07. The zero-order chi connectivity index (χ0) is 8.39. The van der Waals surface area contributed by atoms with Gasteiger partial charge in [-0.15, -0.1) is 0 Å². The Kier molecular flexibility index (Phi) is 1.97. The van der Waals surface area contributed by atoms with Gasteiger partial charge in [0.25, 0.3) is 0 Å². The van der Waals surface area contributed by atoms with Gasteiger partial charge in [0.2, 0.25) is 0 Å². The van der Waals surface area contributed by atoms with Crippen LogP contribution in [0.1, 0.15) is 0 Å². The zero-order valence-electron chi connectivity index (χ0n) is 6.25. The summed E-state index contributed by atoms with van der Waals surface area (Å²) in [5, 5.41) is 7.63. The molecular formula is C7H5GaN4. The number of nitrogens with zero attached hydrogens (tertiary/aromatic N) is 4. The summed E-state index contributed by atoms with van der Waals surface area (Å²) in [7, 11) is 0. The quantitative estimate of drug-likeness (QED) is 0.641. The van der Waals surface area contributed by atoms with Crippen molar-refractivity contribution in [2.75, 3.05) is 0 Å². The van der Waals surface area contributed by atoms with Crippen LogP contribution in [0.2, 0.25) is 0 Å². The first kappa shape index (κ1) is 7.57. The first-order valence-electron chi connectivity index (χ1n) is 3.45. The summed E-state index contributed by atoms with van der Waals surface area (Å²) in [6.07, 6.45) is 3.47. The van der Waals surface area contributed by atoms with Crippen molar-refractivity contribution in [2.45, 2.75) is 0 Å². The van der Waals surface area contributed by atoms with Gasteiger partial charge in [-0.1, -0.05) is 0 Å². The molecule has 2 heterocycles. The van der Waals surface area contributed by atoms with Crippen molar-refractivity contribution in [3.05, 3.63) is 30.6 Å². The monoisotopic (exact) mass is 214 g/mol. The molecule has 0 aromatic carbocycles. The number of pyridine rings is 1. The number of hydrogen-bond acceptors (Lipinski definition) is 3. The van der Waals surface area contributed by atoms with Crippen LogP contribution in [0.5, 0.6) is 0 Å². The van der Waals surface area contributed by atoms with Gasteiger partial charge in [-0.3, -0.25) is 0 Å². The molecule has 2 radical (unpaired) electrons. The van der Waals surface area contributed by atoms with Crippen LogP contribution in [0.15, 0.2) is 30.6 Å². The summed E-state index contributed by atoms with van der Waals surface area (Å²) in [5.41, 5.74) is 1.86. The number of hydrogen-bond donors (Lipinski definition) is 0. The van der Waals surface area contributed by atoms with Crippen LogP contribution in [0, 0.1) is 0 Å². The SMILES string of the molecule is [Ga][n]1nncc1-c1ccccn1. The van der Waals surface area contributed by atoms with Gasteiger partial charge >= 0.3 is 79.5 Å². The van der Waals surface area contributed by atoms with Gasteiger partial charge in [-0.25, -0.2) is 0 Å². The van der Waals surface area contributed by atoms with Gasteiger partial charge in [0, 0.05) is 0 Å². The molecule has 2 rings (SSSR count). The third-order valence-electron chi connectivity index (χ3n) is 1.50. The van der Waals surface area contributed by atoms with Crippen molar-refractivity contribution in [2.24, 2.45) is 0 Å². The van der Waals surface area contributed by atoms with E-state index < -0.39 is 0 Å². The number of rotatable bonds is 1. The first-order chi connectivity index (χ1) is 5.88. The Balaban J connectivity index is 2.51. The summed E-state index contributed by atoms with van der Waals surface area (Å²) in [6, 6.07) is 5.77. The van der Waals surface area contributed by atoms with Gasteiger partial charge in [0.1, 0.15) is 0 Å². The Bertz CT molecular complexity index is 370. The molecule has 5 heteroatoms. The molecule has 0 bridgehead atoms. The van der Waals surface area contributed by atoms with Gasteiger partial charge < -0.3 is 0 Å². The molecule has 0 fully saturated rings. The fourth-order valence-corrected chi connectivity index (χ4v) is 1.48. The van der Waals surface area contributed by atoms with Crippen LogP contribution in [0.25, 0.3) is 11.4 Å². The molecule has 56 valence electrons. The van der Waals surface area contributed by atoms with Gasteiger partial charge in [0.05, 0.1) is 0 Å². The van der Waals surface area contributed by atoms with Gasteiger partial charge in [-0.05, 0) is 0 Å². The average molecular weight is 215 g/mol. The molecule has 0 saturated carbocycles. The third-order valence-corrected chi connectivity index (χ3v) is 2.30. The van der Waals surface area contributed by atoms with Crippen molar-refractivity contribution in [3.8, 4) is 11.4 Å². The van der Waals surface area contributed by atoms with E-state index in [4.69, 9.17) is 0 Å². The van der Waals surface area contributed by atoms with E-state index >= 15 is 0 Å². The molecular weight excluding hydrogens is 210 g/mol. The van der Waals surface area contributed by atoms with Crippen molar-refractivity contribution in [1.29, 1.82) is 0 Å². The Morgan fingerprint density at radius 2 is 2.25 bits per heavy atom. The van der Waals surface area contributed by atoms with Crippen LogP contribution in [0.3, 0.4) is 0 Å². The Morgan fingerprint density at radius 3 is 2.83 bits per heavy atom. The van der Waals surface area contributed by atoms with Gasteiger partial charge in [0.15, 0.2) is 0 Å². The fourth-order valence-electron chi connectivity index (χ4n) is 0.941. The second kappa shape index (κ2) is 3.12. The van der Waals surface area contributed by atoms with E-state index in [1.807, 2.05) is 18.2 Å². The number of aromatic nitrogens is 4. The minimum atomic E-state index is 0.909. The van der Waals surface area contributed by atoms with E-state index in [0.717, 1.165) is 11.4 Å². The van der Waals surface area contributed by atoms with Crippen LogP contribution < -0.4 is 0 Å². The molecule has 12 heavy (non-hydrogen) atoms. The Labute approximate surface area is 79.8 Å². The maximum absolute atomic E-state index is 4.19. The van der Waals surface area contributed by atoms with Crippen molar-refractivity contribution >= 4 is 18.8 Å². The molecule has 0 amide bonds. The van der Waals surface area contributed by atoms with Crippen molar-refractivity contribution < 1.29 is 0 Å². The van der Waals surface area contributed by atoms with E-state index in [0.29, 0.717) is 0 Å². The molecule has 2 aromatic rings. The molecule has 0 spiro atoms. The molecule has 4 nitrogen and oxygen atoms in total. The summed E-state index contributed by atoms with van der Waals surface area (Å²) in [4.78, 5) is 4.19. The predicted octanol–water partition coefficient (Wildman–Crippen LogP) is 0.272. The molecule has 0 aliphatic carbocycles. The Morgan fingerprint density at radius 1 is 1.33 bits per heavy atom. The van der Waals surface area contributed by atoms with Gasteiger partial charge in [-0.2, -0.15) is 0 Å². The molecule has 2 aromatic heterocycles. The van der Waals surface area contributed by atoms with Crippen molar-refractivity contribution in [1.82, 2.24) is 18.7 Å². The molecule has 0 saturated heterocycles. The maximum atomic E-state index is 4.19. The first-order valence-corrected chi connectivity index (χ1v) is 4.53. The summed E-state index contributed by atoms with van der Waals surface area (Å²) in [6.45, 7) is 0. The second-order valence-corrected chi connectivity index (χ2v) is 3.31. The van der Waals surface area contributed by atoms with E-state index in [9.17, 15) is 0 Å². The minimum absolute atomic E-state index is 0.909. The molecule has 0 aliphatic heterocycles. The fraction of sp³-hybridized carbons (Fsp3) is 0. The molecule has 0 atom stereocenters. The van der Waals surface area contributed by atoms with E-state index in [1.54, 1.807) is 15.8 Å². The zero-order valence-corrected chi connectivity index (χ0v) is 8.68. The topological polar surface area (TPSA) is 43.6 Å². The van der Waals surface area contributed by atoms with Crippen LogP contribution in [0.4, 0.5) is 0 Å². The standard InChI is InChI=1S/C7H5N4.Ga/c1-2-4-8-6(3-1)7-5-9-11-10-7;/h1-5H;/q-1;+1. The molecule has 0 unspecified atom stereocenters.